The number of hydrogen-bond donors (Lipinski definition) is 4. The third-order valence-corrected chi connectivity index (χ3v) is 6.44. The van der Waals surface area contributed by atoms with Gasteiger partial charge in [-0.25, -0.2) is 4.79 Å². The van der Waals surface area contributed by atoms with Gasteiger partial charge in [-0.3, -0.25) is 4.98 Å². The number of aromatic nitrogens is 1. The molecule has 1 atom stereocenters. The van der Waals surface area contributed by atoms with Gasteiger partial charge in [0, 0.05) is 46.7 Å². The van der Waals surface area contributed by atoms with Crippen molar-refractivity contribution in [2.45, 2.75) is 18.9 Å². The number of hydrogen-bond acceptors (Lipinski definition) is 6. The number of carboxylic acids is 1. The minimum atomic E-state index is -1.12. The smallest absolute Gasteiger partial charge is 0.339 e. The van der Waals surface area contributed by atoms with Crippen LogP contribution in [0.3, 0.4) is 0 Å². The second-order valence-electron chi connectivity index (χ2n) is 8.71. The molecule has 7 nitrogen and oxygen atoms in total. The van der Waals surface area contributed by atoms with E-state index < -0.39 is 12.0 Å². The number of fused-ring (bicyclic) bond motifs is 3. The van der Waals surface area contributed by atoms with Gasteiger partial charge in [0.05, 0.1) is 6.04 Å². The molecule has 5 N–H and O–H groups in total. The van der Waals surface area contributed by atoms with Crippen LogP contribution >= 0.6 is 0 Å². The summed E-state index contributed by atoms with van der Waals surface area (Å²) in [5.41, 5.74) is 9.67. The van der Waals surface area contributed by atoms with Crippen LogP contribution in [0.15, 0.2) is 83.6 Å². The second kappa shape index (κ2) is 10.2. The predicted molar refractivity (Wildman–Crippen MR) is 139 cm³/mol. The number of nitrogens with zero attached hydrogens (tertiary/aromatic N) is 1. The van der Waals surface area contributed by atoms with Crippen LogP contribution in [-0.4, -0.2) is 34.3 Å². The van der Waals surface area contributed by atoms with Crippen molar-refractivity contribution in [1.82, 2.24) is 10.3 Å². The van der Waals surface area contributed by atoms with Gasteiger partial charge in [0.1, 0.15) is 23.2 Å². The van der Waals surface area contributed by atoms with E-state index in [2.05, 4.69) is 22.4 Å². The highest BCUT2D eigenvalue weighted by molar-refractivity contribution is 6.15. The maximum absolute atomic E-state index is 12.1. The lowest BCUT2D eigenvalue weighted by atomic mass is 9.90. The van der Waals surface area contributed by atoms with E-state index in [-0.39, 0.29) is 11.3 Å². The van der Waals surface area contributed by atoms with Crippen molar-refractivity contribution in [1.29, 1.82) is 0 Å². The Bertz CT molecular complexity index is 1530. The van der Waals surface area contributed by atoms with Crippen LogP contribution in [0.25, 0.3) is 21.7 Å². The van der Waals surface area contributed by atoms with Crippen molar-refractivity contribution in [3.05, 3.63) is 107 Å². The average Bonchev–Trinajstić information content (AvgIpc) is 3.36. The van der Waals surface area contributed by atoms with E-state index in [0.717, 1.165) is 24.1 Å². The number of furan rings is 1. The predicted octanol–water partition coefficient (Wildman–Crippen LogP) is 4.81. The van der Waals surface area contributed by atoms with Gasteiger partial charge in [-0.05, 0) is 36.1 Å². The molecule has 2 aromatic heterocycles. The molecule has 0 amide bonds. The van der Waals surface area contributed by atoms with Gasteiger partial charge >= 0.3 is 5.97 Å². The molecule has 0 saturated heterocycles. The molecule has 0 saturated carbocycles. The highest BCUT2D eigenvalue weighted by Crippen LogP contribution is 2.44. The van der Waals surface area contributed by atoms with Crippen molar-refractivity contribution in [2.24, 2.45) is 5.73 Å². The first-order chi connectivity index (χ1) is 17.6. The number of nitrogens with two attached hydrogens (primary N) is 1. The number of nitrogens with one attached hydrogen (secondary N) is 1. The van der Waals surface area contributed by atoms with E-state index in [1.807, 2.05) is 48.5 Å². The molecule has 0 aliphatic carbocycles. The Morgan fingerprint density at radius 3 is 2.53 bits per heavy atom. The third kappa shape index (κ3) is 4.42. The van der Waals surface area contributed by atoms with Crippen LogP contribution in [0.1, 0.15) is 38.8 Å². The van der Waals surface area contributed by atoms with Crippen molar-refractivity contribution in [3.63, 3.8) is 0 Å². The molecule has 0 aliphatic rings. The first kappa shape index (κ1) is 23.5. The molecular formula is C29H27N3O4. The fourth-order valence-electron chi connectivity index (χ4n) is 4.76. The minimum absolute atomic E-state index is 0.000964. The summed E-state index contributed by atoms with van der Waals surface area (Å²) in [5.74, 6) is -1.11. The van der Waals surface area contributed by atoms with Crippen molar-refractivity contribution in [2.75, 3.05) is 13.1 Å². The highest BCUT2D eigenvalue weighted by atomic mass is 16.4. The zero-order chi connectivity index (χ0) is 25.1. The molecule has 5 aromatic rings. The minimum Gasteiger partial charge on any atom is -0.507 e. The molecule has 0 fully saturated rings. The largest absolute Gasteiger partial charge is 0.507 e. The third-order valence-electron chi connectivity index (χ3n) is 6.44. The van der Waals surface area contributed by atoms with E-state index in [4.69, 9.17) is 10.2 Å². The number of benzene rings is 3. The standard InChI is InChI=1S/C29H27N3O4/c30-13-15-32-26(19-12-14-31-20(16-19)11-10-18-6-2-1-3-7-18)25-24-23(29(34)35)17-36-28(24)22-9-5-4-8-21(22)27(25)33/h1-9,12,14,16-17,26,32-33H,10-11,13,15,30H2,(H,34,35). The monoisotopic (exact) mass is 481 g/mol. The molecule has 5 rings (SSSR count). The van der Waals surface area contributed by atoms with Crippen LogP contribution in [0.2, 0.25) is 0 Å². The lowest BCUT2D eigenvalue weighted by Crippen LogP contribution is -2.28. The van der Waals surface area contributed by atoms with Gasteiger partial charge in [0.2, 0.25) is 0 Å². The summed E-state index contributed by atoms with van der Waals surface area (Å²) in [6, 6.07) is 20.8. The average molecular weight is 482 g/mol. The van der Waals surface area contributed by atoms with Gasteiger partial charge in [-0.15, -0.1) is 0 Å². The Morgan fingerprint density at radius 1 is 1.03 bits per heavy atom. The maximum Gasteiger partial charge on any atom is 0.339 e. The van der Waals surface area contributed by atoms with E-state index in [9.17, 15) is 15.0 Å². The molecule has 0 bridgehead atoms. The van der Waals surface area contributed by atoms with Crippen LogP contribution < -0.4 is 11.1 Å². The summed E-state index contributed by atoms with van der Waals surface area (Å²) < 4.78 is 5.76. The normalized spacial score (nSPS) is 12.2. The quantitative estimate of drug-likeness (QED) is 0.238. The Labute approximate surface area is 208 Å². The Balaban J connectivity index is 1.66. The Morgan fingerprint density at radius 2 is 1.78 bits per heavy atom. The van der Waals surface area contributed by atoms with Gasteiger partial charge in [-0.2, -0.15) is 0 Å². The van der Waals surface area contributed by atoms with Crippen LogP contribution in [0, 0.1) is 0 Å². The maximum atomic E-state index is 12.1. The molecule has 1 unspecified atom stereocenters. The van der Waals surface area contributed by atoms with Gasteiger partial charge in [0.25, 0.3) is 0 Å². The van der Waals surface area contributed by atoms with E-state index in [1.54, 1.807) is 12.3 Å². The Kier molecular flexibility index (Phi) is 6.66. The molecule has 0 radical (unpaired) electrons. The van der Waals surface area contributed by atoms with E-state index >= 15 is 0 Å². The molecule has 36 heavy (non-hydrogen) atoms. The lowest BCUT2D eigenvalue weighted by Gasteiger charge is -2.23. The number of carbonyl (C=O) groups is 1. The molecule has 0 spiro atoms. The summed E-state index contributed by atoms with van der Waals surface area (Å²) in [7, 11) is 0. The number of rotatable bonds is 9. The number of pyridine rings is 1. The van der Waals surface area contributed by atoms with Gasteiger partial charge in [0.15, 0.2) is 0 Å². The summed E-state index contributed by atoms with van der Waals surface area (Å²) >= 11 is 0. The summed E-state index contributed by atoms with van der Waals surface area (Å²) in [5, 5.41) is 26.4. The first-order valence-corrected chi connectivity index (χ1v) is 11.9. The molecule has 3 aromatic carbocycles. The lowest BCUT2D eigenvalue weighted by molar-refractivity contribution is 0.0698. The number of aromatic hydroxyl groups is 1. The molecular weight excluding hydrogens is 454 g/mol. The number of phenolic OH excluding ortho intramolecular Hbond substituents is 1. The van der Waals surface area contributed by atoms with Crippen LogP contribution in [0.5, 0.6) is 5.75 Å². The van der Waals surface area contributed by atoms with Gasteiger partial charge < -0.3 is 25.7 Å². The summed E-state index contributed by atoms with van der Waals surface area (Å²) in [6.07, 6.45) is 4.57. The number of phenols is 1. The molecule has 182 valence electrons. The fraction of sp³-hybridized carbons (Fsp3) is 0.172. The number of carboxylic acid groups (broad SMARTS) is 1. The zero-order valence-electron chi connectivity index (χ0n) is 19.6. The second-order valence-corrected chi connectivity index (χ2v) is 8.71. The van der Waals surface area contributed by atoms with Gasteiger partial charge in [-0.1, -0.05) is 54.6 Å². The highest BCUT2D eigenvalue weighted by Gasteiger charge is 2.28. The van der Waals surface area contributed by atoms with Crippen LogP contribution in [-0.2, 0) is 12.8 Å². The fourth-order valence-corrected chi connectivity index (χ4v) is 4.76. The van der Waals surface area contributed by atoms with Crippen molar-refractivity contribution >= 4 is 27.7 Å². The number of aromatic carboxylic acids is 1. The Hall–Kier alpha value is -4.20. The van der Waals surface area contributed by atoms with E-state index in [0.29, 0.717) is 40.4 Å². The first-order valence-electron chi connectivity index (χ1n) is 11.9. The number of aryl methyl sites for hydroxylation is 2. The molecule has 7 heteroatoms. The molecule has 0 aliphatic heterocycles. The summed E-state index contributed by atoms with van der Waals surface area (Å²) in [4.78, 5) is 16.7. The molecule has 2 heterocycles. The zero-order valence-corrected chi connectivity index (χ0v) is 19.6. The van der Waals surface area contributed by atoms with E-state index in [1.165, 1.54) is 11.8 Å². The van der Waals surface area contributed by atoms with Crippen LogP contribution in [0.4, 0.5) is 0 Å². The van der Waals surface area contributed by atoms with Crippen molar-refractivity contribution in [3.8, 4) is 5.75 Å². The SMILES string of the molecule is NCCNC(c1ccnc(CCc2ccccc2)c1)c1c(O)c2ccccc2c2occ(C(=O)O)c12. The van der Waals surface area contributed by atoms with Crippen molar-refractivity contribution < 1.29 is 19.4 Å². The topological polar surface area (TPSA) is 122 Å². The summed E-state index contributed by atoms with van der Waals surface area (Å²) in [6.45, 7) is 0.831.